The lowest BCUT2D eigenvalue weighted by atomic mass is 9.94. The Bertz CT molecular complexity index is 555. The molecule has 1 aromatic carbocycles. The summed E-state index contributed by atoms with van der Waals surface area (Å²) in [7, 11) is 0. The van der Waals surface area contributed by atoms with E-state index in [0.29, 0.717) is 5.00 Å². The zero-order valence-corrected chi connectivity index (χ0v) is 10.4. The number of nitrogens with one attached hydrogen (secondary N) is 2. The van der Waals surface area contributed by atoms with Crippen molar-refractivity contribution in [3.8, 4) is 0 Å². The number of carbonyl (C=O) groups excluding carboxylic acids is 1. The van der Waals surface area contributed by atoms with Gasteiger partial charge in [0.05, 0.1) is 6.20 Å². The molecule has 5 nitrogen and oxygen atoms in total. The third-order valence-electron chi connectivity index (χ3n) is 2.98. The van der Waals surface area contributed by atoms with E-state index in [1.165, 1.54) is 17.1 Å². The zero-order valence-electron chi connectivity index (χ0n) is 9.59. The Morgan fingerprint density at radius 1 is 1.44 bits per heavy atom. The quantitative estimate of drug-likeness (QED) is 0.855. The molecule has 0 saturated heterocycles. The second-order valence-corrected chi connectivity index (χ2v) is 4.89. The van der Waals surface area contributed by atoms with Crippen molar-refractivity contribution in [3.63, 3.8) is 0 Å². The molecule has 2 heterocycles. The summed E-state index contributed by atoms with van der Waals surface area (Å²) >= 11 is 1.18. The van der Waals surface area contributed by atoms with E-state index < -0.39 is 0 Å². The van der Waals surface area contributed by atoms with Gasteiger partial charge in [-0.25, -0.2) is 0 Å². The number of hydrogen-bond donors (Lipinski definition) is 2. The summed E-state index contributed by atoms with van der Waals surface area (Å²) < 4.78 is 3.72. The number of aromatic nitrogens is 2. The molecule has 0 spiro atoms. The predicted molar refractivity (Wildman–Crippen MR) is 69.4 cm³/mol. The van der Waals surface area contributed by atoms with E-state index in [9.17, 15) is 4.79 Å². The first kappa shape index (κ1) is 11.3. The minimum Gasteiger partial charge on any atom is -0.313 e. The van der Waals surface area contributed by atoms with Crippen LogP contribution in [-0.4, -0.2) is 22.0 Å². The summed E-state index contributed by atoms with van der Waals surface area (Å²) in [6.07, 6.45) is 2.51. The van der Waals surface area contributed by atoms with Crippen LogP contribution >= 0.6 is 11.5 Å². The van der Waals surface area contributed by atoms with Crippen molar-refractivity contribution >= 4 is 22.4 Å². The number of hydrogen-bond acceptors (Lipinski definition) is 5. The number of fused-ring (bicyclic) bond motifs is 1. The van der Waals surface area contributed by atoms with E-state index in [2.05, 4.69) is 26.3 Å². The molecule has 18 heavy (non-hydrogen) atoms. The molecule has 1 amide bonds. The van der Waals surface area contributed by atoms with Gasteiger partial charge in [-0.2, -0.15) is 0 Å². The van der Waals surface area contributed by atoms with Crippen LogP contribution < -0.4 is 10.6 Å². The number of benzene rings is 1. The maximum Gasteiger partial charge on any atom is 0.246 e. The number of amides is 1. The van der Waals surface area contributed by atoms with E-state index in [1.54, 1.807) is 6.20 Å². The highest BCUT2D eigenvalue weighted by molar-refractivity contribution is 7.10. The van der Waals surface area contributed by atoms with Gasteiger partial charge in [0.15, 0.2) is 0 Å². The molecule has 3 rings (SSSR count). The summed E-state index contributed by atoms with van der Waals surface area (Å²) in [6.45, 7) is 0.816. The zero-order chi connectivity index (χ0) is 12.4. The summed E-state index contributed by atoms with van der Waals surface area (Å²) in [5.74, 6) is -0.0619. The molecule has 6 heteroatoms. The van der Waals surface area contributed by atoms with Crippen molar-refractivity contribution in [2.24, 2.45) is 0 Å². The lowest BCUT2D eigenvalue weighted by Gasteiger charge is -2.25. The first-order valence-electron chi connectivity index (χ1n) is 5.74. The van der Waals surface area contributed by atoms with Crippen LogP contribution in [-0.2, 0) is 11.2 Å². The van der Waals surface area contributed by atoms with Crippen molar-refractivity contribution < 1.29 is 4.79 Å². The van der Waals surface area contributed by atoms with Crippen molar-refractivity contribution in [2.75, 3.05) is 11.9 Å². The molecular formula is C12H12N4OS. The Kier molecular flexibility index (Phi) is 3.04. The molecule has 1 aromatic heterocycles. The molecule has 0 saturated carbocycles. The third kappa shape index (κ3) is 2.12. The highest BCUT2D eigenvalue weighted by Crippen LogP contribution is 2.24. The molecule has 0 bridgehead atoms. The van der Waals surface area contributed by atoms with Gasteiger partial charge in [-0.05, 0) is 17.5 Å². The number of rotatable bonds is 2. The van der Waals surface area contributed by atoms with Gasteiger partial charge in [-0.15, -0.1) is 5.10 Å². The van der Waals surface area contributed by atoms with Gasteiger partial charge in [-0.3, -0.25) is 4.79 Å². The Labute approximate surface area is 108 Å². The van der Waals surface area contributed by atoms with E-state index in [-0.39, 0.29) is 11.9 Å². The highest BCUT2D eigenvalue weighted by atomic mass is 32.1. The van der Waals surface area contributed by atoms with Gasteiger partial charge in [0.1, 0.15) is 11.0 Å². The lowest BCUT2D eigenvalue weighted by Crippen LogP contribution is -2.38. The van der Waals surface area contributed by atoms with Crippen molar-refractivity contribution in [1.82, 2.24) is 14.9 Å². The van der Waals surface area contributed by atoms with Crippen LogP contribution in [0.1, 0.15) is 17.2 Å². The fourth-order valence-corrected chi connectivity index (χ4v) is 2.58. The van der Waals surface area contributed by atoms with Crippen LogP contribution in [0.25, 0.3) is 0 Å². The second kappa shape index (κ2) is 4.83. The normalized spacial score (nSPS) is 18.1. The van der Waals surface area contributed by atoms with Gasteiger partial charge in [0.2, 0.25) is 5.91 Å². The predicted octanol–water partition coefficient (Wildman–Crippen LogP) is 1.36. The monoisotopic (exact) mass is 260 g/mol. The van der Waals surface area contributed by atoms with Gasteiger partial charge < -0.3 is 10.6 Å². The summed E-state index contributed by atoms with van der Waals surface area (Å²) in [5.41, 5.74) is 2.29. The number of carbonyl (C=O) groups is 1. The summed E-state index contributed by atoms with van der Waals surface area (Å²) in [6, 6.07) is 7.74. The molecule has 92 valence electrons. The average molecular weight is 260 g/mol. The van der Waals surface area contributed by atoms with E-state index in [0.717, 1.165) is 18.5 Å². The van der Waals surface area contributed by atoms with Gasteiger partial charge in [0, 0.05) is 18.1 Å². The molecule has 0 fully saturated rings. The maximum atomic E-state index is 12.2. The minimum absolute atomic E-state index is 0.0619. The smallest absolute Gasteiger partial charge is 0.246 e. The topological polar surface area (TPSA) is 66.9 Å². The molecule has 0 aliphatic carbocycles. The average Bonchev–Trinajstić information content (AvgIpc) is 2.91. The molecule has 0 radical (unpaired) electrons. The molecule has 2 N–H and O–H groups in total. The van der Waals surface area contributed by atoms with Crippen LogP contribution in [0.5, 0.6) is 0 Å². The van der Waals surface area contributed by atoms with E-state index >= 15 is 0 Å². The first-order valence-corrected chi connectivity index (χ1v) is 6.51. The van der Waals surface area contributed by atoms with Crippen molar-refractivity contribution in [2.45, 2.75) is 12.5 Å². The van der Waals surface area contributed by atoms with Crippen LogP contribution in [0.2, 0.25) is 0 Å². The Balaban J connectivity index is 1.83. The SMILES string of the molecule is O=C(Nc1cnns1)C1NCCc2ccccc21. The first-order chi connectivity index (χ1) is 8.84. The van der Waals surface area contributed by atoms with Crippen LogP contribution in [0, 0.1) is 0 Å². The highest BCUT2D eigenvalue weighted by Gasteiger charge is 2.25. The molecule has 1 aliphatic heterocycles. The Morgan fingerprint density at radius 2 is 2.33 bits per heavy atom. The van der Waals surface area contributed by atoms with Crippen LogP contribution in [0.15, 0.2) is 30.5 Å². The van der Waals surface area contributed by atoms with Crippen LogP contribution in [0.4, 0.5) is 5.00 Å². The van der Waals surface area contributed by atoms with E-state index in [4.69, 9.17) is 0 Å². The van der Waals surface area contributed by atoms with Crippen molar-refractivity contribution in [1.29, 1.82) is 0 Å². The second-order valence-electron chi connectivity index (χ2n) is 4.11. The van der Waals surface area contributed by atoms with E-state index in [1.807, 2.05) is 18.2 Å². The van der Waals surface area contributed by atoms with Crippen molar-refractivity contribution in [3.05, 3.63) is 41.6 Å². The number of anilines is 1. The maximum absolute atomic E-state index is 12.2. The molecule has 2 aromatic rings. The Morgan fingerprint density at radius 3 is 3.17 bits per heavy atom. The number of nitrogens with zero attached hydrogens (tertiary/aromatic N) is 2. The standard InChI is InChI=1S/C12H12N4OS/c17-12(15-10-7-14-16-18-10)11-9-4-2-1-3-8(9)5-6-13-11/h1-4,7,11,13H,5-6H2,(H,15,17). The van der Waals surface area contributed by atoms with Gasteiger partial charge in [0.25, 0.3) is 0 Å². The fourth-order valence-electron chi connectivity index (χ4n) is 2.15. The largest absolute Gasteiger partial charge is 0.313 e. The minimum atomic E-state index is -0.294. The summed E-state index contributed by atoms with van der Waals surface area (Å²) in [5, 5.41) is 10.4. The molecule has 1 aliphatic rings. The third-order valence-corrected chi connectivity index (χ3v) is 3.56. The molecule has 1 atom stereocenters. The summed E-state index contributed by atoms with van der Waals surface area (Å²) in [4.78, 5) is 12.2. The van der Waals surface area contributed by atoms with Gasteiger partial charge >= 0.3 is 0 Å². The van der Waals surface area contributed by atoms with Crippen LogP contribution in [0.3, 0.4) is 0 Å². The van der Waals surface area contributed by atoms with Gasteiger partial charge in [-0.1, -0.05) is 28.8 Å². The molecule has 1 unspecified atom stereocenters. The Hall–Kier alpha value is -1.79. The fraction of sp³-hybridized carbons (Fsp3) is 0.250. The lowest BCUT2D eigenvalue weighted by molar-refractivity contribution is -0.118. The molecular weight excluding hydrogens is 248 g/mol.